The maximum atomic E-state index is 13.2. The Morgan fingerprint density at radius 1 is 1.14 bits per heavy atom. The molecule has 0 heterocycles. The Kier molecular flexibility index (Phi) is 10.1. The topological polar surface area (TPSA) is 98.7 Å². The van der Waals surface area contributed by atoms with Gasteiger partial charge in [0.25, 0.3) is 0 Å². The number of likely N-dealkylation sites (N-methyl/N-ethyl adjacent to an activating group) is 2. The minimum Gasteiger partial charge on any atom is -0.478 e. The van der Waals surface area contributed by atoms with Crippen LogP contribution in [0, 0.1) is 11.3 Å². The molecule has 29 heavy (non-hydrogen) atoms. The van der Waals surface area contributed by atoms with Gasteiger partial charge < -0.3 is 20.6 Å². The normalized spacial score (nSPS) is 17.7. The van der Waals surface area contributed by atoms with Crippen molar-refractivity contribution in [1.29, 1.82) is 0 Å². The first-order valence-electron chi connectivity index (χ1n) is 10.3. The van der Waals surface area contributed by atoms with E-state index in [1.165, 1.54) is 17.9 Å². The Morgan fingerprint density at radius 2 is 1.66 bits per heavy atom. The van der Waals surface area contributed by atoms with Gasteiger partial charge in [-0.25, -0.2) is 4.79 Å². The van der Waals surface area contributed by atoms with Crippen molar-refractivity contribution in [1.82, 2.24) is 15.5 Å². The summed E-state index contributed by atoms with van der Waals surface area (Å²) in [6, 6.07) is -1.17. The van der Waals surface area contributed by atoms with Gasteiger partial charge in [-0.3, -0.25) is 9.59 Å². The fraction of sp³-hybridized carbons (Fsp3) is 0.773. The van der Waals surface area contributed by atoms with Crippen molar-refractivity contribution in [2.24, 2.45) is 11.3 Å². The summed E-state index contributed by atoms with van der Waals surface area (Å²) < 4.78 is 0. The number of carboxylic acids is 1. The van der Waals surface area contributed by atoms with Gasteiger partial charge in [0.1, 0.15) is 6.04 Å². The summed E-state index contributed by atoms with van der Waals surface area (Å²) in [6.45, 7) is 15.0. The number of carboxylic acid groups (broad SMARTS) is 1. The van der Waals surface area contributed by atoms with Crippen molar-refractivity contribution in [2.75, 3.05) is 14.1 Å². The van der Waals surface area contributed by atoms with Crippen LogP contribution >= 0.6 is 0 Å². The van der Waals surface area contributed by atoms with Crippen molar-refractivity contribution in [2.45, 2.75) is 85.9 Å². The summed E-state index contributed by atoms with van der Waals surface area (Å²) in [5, 5.41) is 15.2. The zero-order chi connectivity index (χ0) is 23.2. The number of hydrogen-bond acceptors (Lipinski definition) is 4. The molecule has 0 aliphatic heterocycles. The van der Waals surface area contributed by atoms with E-state index in [4.69, 9.17) is 5.11 Å². The third-order valence-electron chi connectivity index (χ3n) is 5.68. The second-order valence-corrected chi connectivity index (χ2v) is 9.42. The highest BCUT2D eigenvalue weighted by Gasteiger charge is 2.40. The molecule has 4 unspecified atom stereocenters. The third kappa shape index (κ3) is 7.80. The van der Waals surface area contributed by atoms with Gasteiger partial charge in [-0.2, -0.15) is 0 Å². The molecule has 0 aromatic carbocycles. The molecule has 3 N–H and O–H groups in total. The van der Waals surface area contributed by atoms with Crippen molar-refractivity contribution in [3.63, 3.8) is 0 Å². The number of rotatable bonds is 10. The molecular weight excluding hydrogens is 370 g/mol. The second kappa shape index (κ2) is 10.8. The van der Waals surface area contributed by atoms with E-state index in [0.717, 1.165) is 6.42 Å². The summed E-state index contributed by atoms with van der Waals surface area (Å²) in [4.78, 5) is 38.9. The fourth-order valence-electron chi connectivity index (χ4n) is 3.04. The van der Waals surface area contributed by atoms with Gasteiger partial charge >= 0.3 is 5.97 Å². The molecule has 0 aromatic heterocycles. The highest BCUT2D eigenvalue weighted by Crippen LogP contribution is 2.25. The Labute approximate surface area is 176 Å². The lowest BCUT2D eigenvalue weighted by molar-refractivity contribution is -0.141. The van der Waals surface area contributed by atoms with Crippen LogP contribution in [0.4, 0.5) is 0 Å². The fourth-order valence-corrected chi connectivity index (χ4v) is 3.04. The van der Waals surface area contributed by atoms with Crippen LogP contribution in [-0.4, -0.2) is 59.5 Å². The van der Waals surface area contributed by atoms with E-state index in [1.54, 1.807) is 21.0 Å². The molecule has 7 heteroatoms. The molecule has 0 fully saturated rings. The quantitative estimate of drug-likeness (QED) is 0.480. The van der Waals surface area contributed by atoms with Gasteiger partial charge in [-0.15, -0.1) is 0 Å². The van der Waals surface area contributed by atoms with Crippen LogP contribution in [0.1, 0.15) is 68.2 Å². The molecule has 0 bridgehead atoms. The van der Waals surface area contributed by atoms with Crippen LogP contribution in [0.25, 0.3) is 0 Å². The number of carbonyl (C=O) groups excluding carboxylic acids is 2. The van der Waals surface area contributed by atoms with Gasteiger partial charge in [0.15, 0.2) is 0 Å². The minimum atomic E-state index is -1.02. The summed E-state index contributed by atoms with van der Waals surface area (Å²) >= 11 is 0. The van der Waals surface area contributed by atoms with Crippen LogP contribution in [-0.2, 0) is 14.4 Å². The third-order valence-corrected chi connectivity index (χ3v) is 5.68. The van der Waals surface area contributed by atoms with Gasteiger partial charge in [-0.05, 0) is 45.6 Å². The van der Waals surface area contributed by atoms with E-state index in [1.807, 2.05) is 27.7 Å². The summed E-state index contributed by atoms with van der Waals surface area (Å²) in [5.41, 5.74) is -1.13. The highest BCUT2D eigenvalue weighted by atomic mass is 16.4. The van der Waals surface area contributed by atoms with E-state index < -0.39 is 29.0 Å². The summed E-state index contributed by atoms with van der Waals surface area (Å²) in [5.74, 6) is -1.14. The van der Waals surface area contributed by atoms with E-state index in [9.17, 15) is 14.4 Å². The Hall–Kier alpha value is -1.89. The number of amides is 2. The Bertz CT molecular complexity index is 624. The number of nitrogens with zero attached hydrogens (tertiary/aromatic N) is 1. The Balaban J connectivity index is 5.67. The number of carbonyl (C=O) groups is 3. The maximum absolute atomic E-state index is 13.2. The van der Waals surface area contributed by atoms with E-state index in [2.05, 4.69) is 24.5 Å². The minimum absolute atomic E-state index is 0.171. The molecule has 7 nitrogen and oxygen atoms in total. The predicted molar refractivity (Wildman–Crippen MR) is 117 cm³/mol. The lowest BCUT2D eigenvalue weighted by Crippen LogP contribution is -2.62. The first-order valence-corrected chi connectivity index (χ1v) is 10.3. The SMILES string of the molecule is CCC(C)CC(C)(NC)C(=O)NC(C(=O)N(C)C(C)/C=C(\C)C(=O)O)C(C)(C)C. The van der Waals surface area contributed by atoms with Gasteiger partial charge in [0, 0.05) is 18.7 Å². The van der Waals surface area contributed by atoms with Crippen molar-refractivity contribution >= 4 is 17.8 Å². The molecule has 0 radical (unpaired) electrons. The summed E-state index contributed by atoms with van der Waals surface area (Å²) in [7, 11) is 3.38. The average molecular weight is 412 g/mol. The second-order valence-electron chi connectivity index (χ2n) is 9.42. The van der Waals surface area contributed by atoms with Crippen LogP contribution < -0.4 is 10.6 Å². The molecule has 0 saturated carbocycles. The number of aliphatic carboxylic acids is 1. The first-order chi connectivity index (χ1) is 13.1. The van der Waals surface area contributed by atoms with Crippen molar-refractivity contribution in [3.05, 3.63) is 11.6 Å². The molecule has 0 saturated heterocycles. The van der Waals surface area contributed by atoms with Gasteiger partial charge in [0.05, 0.1) is 5.54 Å². The number of nitrogens with one attached hydrogen (secondary N) is 2. The van der Waals surface area contributed by atoms with E-state index in [-0.39, 0.29) is 17.4 Å². The number of hydrogen-bond donors (Lipinski definition) is 3. The molecular formula is C22H41N3O4. The standard InChI is InChI=1S/C22H41N3O4/c1-11-14(2)13-22(8,23-9)20(29)24-17(21(5,6)7)18(26)25(10)16(4)12-15(3)19(27)28/h12,14,16-17,23H,11,13H2,1-10H3,(H,24,29)(H,27,28)/b15-12+. The lowest BCUT2D eigenvalue weighted by atomic mass is 9.83. The maximum Gasteiger partial charge on any atom is 0.331 e. The molecule has 0 aromatic rings. The first kappa shape index (κ1) is 27.1. The highest BCUT2D eigenvalue weighted by molar-refractivity contribution is 5.92. The molecule has 0 rings (SSSR count). The Morgan fingerprint density at radius 3 is 2.03 bits per heavy atom. The molecule has 168 valence electrons. The van der Waals surface area contributed by atoms with Crippen LogP contribution in [0.3, 0.4) is 0 Å². The summed E-state index contributed by atoms with van der Waals surface area (Å²) in [6.07, 6.45) is 3.15. The smallest absolute Gasteiger partial charge is 0.331 e. The average Bonchev–Trinajstić information content (AvgIpc) is 2.62. The monoisotopic (exact) mass is 411 g/mol. The zero-order valence-electron chi connectivity index (χ0n) is 19.8. The van der Waals surface area contributed by atoms with E-state index >= 15 is 0 Å². The van der Waals surface area contributed by atoms with Crippen LogP contribution in [0.15, 0.2) is 11.6 Å². The van der Waals surface area contributed by atoms with Crippen LogP contribution in [0.5, 0.6) is 0 Å². The van der Waals surface area contributed by atoms with E-state index in [0.29, 0.717) is 12.3 Å². The van der Waals surface area contributed by atoms with Gasteiger partial charge in [0.2, 0.25) is 11.8 Å². The van der Waals surface area contributed by atoms with Crippen LogP contribution in [0.2, 0.25) is 0 Å². The molecule has 2 amide bonds. The van der Waals surface area contributed by atoms with Crippen molar-refractivity contribution < 1.29 is 19.5 Å². The largest absolute Gasteiger partial charge is 0.478 e. The molecule has 4 atom stereocenters. The predicted octanol–water partition coefficient (Wildman–Crippen LogP) is 2.81. The molecule has 0 aliphatic rings. The molecule has 0 aliphatic carbocycles. The van der Waals surface area contributed by atoms with Gasteiger partial charge in [-0.1, -0.05) is 47.1 Å². The lowest BCUT2D eigenvalue weighted by Gasteiger charge is -2.38. The zero-order valence-corrected chi connectivity index (χ0v) is 19.8. The molecule has 0 spiro atoms. The van der Waals surface area contributed by atoms with Crippen molar-refractivity contribution in [3.8, 4) is 0 Å².